The van der Waals surface area contributed by atoms with Gasteiger partial charge in [0, 0.05) is 6.04 Å². The number of nitrogens with one attached hydrogen (secondary N) is 1. The minimum Gasteiger partial charge on any atom is -0.290 e. The maximum Gasteiger partial charge on any atom is 0.177 e. The molecule has 2 aliphatic rings. The summed E-state index contributed by atoms with van der Waals surface area (Å²) < 4.78 is 5.64. The third-order valence-electron chi connectivity index (χ3n) is 4.70. The van der Waals surface area contributed by atoms with E-state index in [9.17, 15) is 0 Å². The molecule has 0 aromatic rings. The van der Waals surface area contributed by atoms with Crippen LogP contribution in [0.25, 0.3) is 0 Å². The van der Waals surface area contributed by atoms with Gasteiger partial charge < -0.3 is 0 Å². The maximum absolute atomic E-state index is 3.81. The van der Waals surface area contributed by atoms with Crippen molar-refractivity contribution < 1.29 is 0 Å². The van der Waals surface area contributed by atoms with E-state index < -0.39 is 0 Å². The van der Waals surface area contributed by atoms with Crippen molar-refractivity contribution in [3.8, 4) is 0 Å². The van der Waals surface area contributed by atoms with Crippen LogP contribution < -0.4 is 5.32 Å². The van der Waals surface area contributed by atoms with E-state index in [-0.39, 0.29) is 9.84 Å². The molecule has 1 aliphatic heterocycles. The fourth-order valence-electron chi connectivity index (χ4n) is 3.41. The molecule has 1 saturated heterocycles. The van der Waals surface area contributed by atoms with Crippen LogP contribution in [0, 0.1) is 0 Å². The smallest absolute Gasteiger partial charge is 0.177 e. The standard InChI is InChI=1S/C15H33N3Si/c1-3-5-12-16-15-17(13-6-4-2)19-18(15)14-10-8-7-9-11-14/h14-16H,3-13,19H2,1-2H3. The van der Waals surface area contributed by atoms with E-state index in [1.807, 2.05) is 0 Å². The predicted molar refractivity (Wildman–Crippen MR) is 85.6 cm³/mol. The molecule has 1 unspecified atom stereocenters. The third-order valence-corrected chi connectivity index (χ3v) is 6.92. The van der Waals surface area contributed by atoms with Crippen molar-refractivity contribution in [3.05, 3.63) is 0 Å². The van der Waals surface area contributed by atoms with Gasteiger partial charge in [0.15, 0.2) is 9.84 Å². The second kappa shape index (κ2) is 8.40. The molecule has 1 aliphatic carbocycles. The average molecular weight is 284 g/mol. The van der Waals surface area contributed by atoms with Crippen molar-refractivity contribution in [1.82, 2.24) is 14.4 Å². The topological polar surface area (TPSA) is 18.5 Å². The van der Waals surface area contributed by atoms with Crippen LogP contribution in [0.5, 0.6) is 0 Å². The number of hydrogen-bond donors (Lipinski definition) is 1. The summed E-state index contributed by atoms with van der Waals surface area (Å²) in [5, 5.41) is 3.81. The second-order valence-corrected chi connectivity index (χ2v) is 8.12. The molecule has 4 heteroatoms. The highest BCUT2D eigenvalue weighted by Gasteiger charge is 2.40. The van der Waals surface area contributed by atoms with Gasteiger partial charge in [-0.3, -0.25) is 14.4 Å². The van der Waals surface area contributed by atoms with Crippen LogP contribution in [-0.2, 0) is 0 Å². The molecule has 0 aromatic heterocycles. The molecule has 0 amide bonds. The lowest BCUT2D eigenvalue weighted by atomic mass is 9.95. The molecule has 0 spiro atoms. The van der Waals surface area contributed by atoms with Crippen LogP contribution in [0.2, 0.25) is 0 Å². The summed E-state index contributed by atoms with van der Waals surface area (Å²) in [5.74, 6) is 0. The zero-order valence-electron chi connectivity index (χ0n) is 13.0. The van der Waals surface area contributed by atoms with Gasteiger partial charge in [-0.2, -0.15) is 0 Å². The second-order valence-electron chi connectivity index (χ2n) is 6.29. The summed E-state index contributed by atoms with van der Waals surface area (Å²) in [4.78, 5) is 0. The van der Waals surface area contributed by atoms with E-state index >= 15 is 0 Å². The van der Waals surface area contributed by atoms with Crippen LogP contribution in [-0.4, -0.2) is 44.4 Å². The lowest BCUT2D eigenvalue weighted by Gasteiger charge is -2.55. The molecule has 1 saturated carbocycles. The molecular formula is C15H33N3Si. The Kier molecular flexibility index (Phi) is 6.84. The fraction of sp³-hybridized carbons (Fsp3) is 1.00. The lowest BCUT2D eigenvalue weighted by molar-refractivity contribution is 0.0202. The largest absolute Gasteiger partial charge is 0.290 e. The van der Waals surface area contributed by atoms with Crippen molar-refractivity contribution in [1.29, 1.82) is 0 Å². The quantitative estimate of drug-likeness (QED) is 0.545. The molecule has 1 heterocycles. The first-order valence-electron chi connectivity index (χ1n) is 8.60. The van der Waals surface area contributed by atoms with Crippen LogP contribution in [0.3, 0.4) is 0 Å². The first-order chi connectivity index (χ1) is 9.36. The van der Waals surface area contributed by atoms with Crippen molar-refractivity contribution in [2.45, 2.75) is 84.0 Å². The first-order valence-corrected chi connectivity index (χ1v) is 9.86. The number of hydrogen-bond acceptors (Lipinski definition) is 3. The molecule has 0 bridgehead atoms. The van der Waals surface area contributed by atoms with E-state index in [2.05, 4.69) is 28.3 Å². The Hall–Kier alpha value is 0.0969. The maximum atomic E-state index is 3.81. The van der Waals surface area contributed by atoms with Gasteiger partial charge >= 0.3 is 0 Å². The summed E-state index contributed by atoms with van der Waals surface area (Å²) in [6.45, 7) is 7.11. The van der Waals surface area contributed by atoms with Gasteiger partial charge in [0.05, 0.1) is 0 Å². The van der Waals surface area contributed by atoms with Gasteiger partial charge in [0.25, 0.3) is 0 Å². The van der Waals surface area contributed by atoms with Gasteiger partial charge in [-0.25, -0.2) is 0 Å². The minimum atomic E-state index is -0.110. The van der Waals surface area contributed by atoms with Gasteiger partial charge in [-0.05, 0) is 38.8 Å². The Morgan fingerprint density at radius 1 is 1.05 bits per heavy atom. The summed E-state index contributed by atoms with van der Waals surface area (Å²) >= 11 is 0. The summed E-state index contributed by atoms with van der Waals surface area (Å²) in [6.07, 6.45) is 13.2. The van der Waals surface area contributed by atoms with Crippen LogP contribution in [0.1, 0.15) is 71.6 Å². The van der Waals surface area contributed by atoms with Gasteiger partial charge in [0.2, 0.25) is 0 Å². The Labute approximate surface area is 122 Å². The van der Waals surface area contributed by atoms with Crippen molar-refractivity contribution in [2.75, 3.05) is 13.1 Å². The van der Waals surface area contributed by atoms with Gasteiger partial charge in [-0.1, -0.05) is 46.0 Å². The zero-order valence-corrected chi connectivity index (χ0v) is 14.4. The number of nitrogens with zero attached hydrogens (tertiary/aromatic N) is 2. The zero-order chi connectivity index (χ0) is 13.5. The molecule has 0 radical (unpaired) electrons. The highest BCUT2D eigenvalue weighted by Crippen LogP contribution is 2.28. The molecular weight excluding hydrogens is 250 g/mol. The Bertz CT molecular complexity index is 244. The average Bonchev–Trinajstić information content (AvgIpc) is 2.44. The molecule has 112 valence electrons. The molecule has 0 aromatic carbocycles. The van der Waals surface area contributed by atoms with Gasteiger partial charge in [0.1, 0.15) is 6.29 Å². The van der Waals surface area contributed by atoms with Crippen LogP contribution in [0.4, 0.5) is 0 Å². The predicted octanol–water partition coefficient (Wildman–Crippen LogP) is 2.41. The van der Waals surface area contributed by atoms with Gasteiger partial charge in [-0.15, -0.1) is 0 Å². The van der Waals surface area contributed by atoms with Crippen LogP contribution in [0.15, 0.2) is 0 Å². The minimum absolute atomic E-state index is 0.110. The van der Waals surface area contributed by atoms with Crippen LogP contribution >= 0.6 is 0 Å². The third kappa shape index (κ3) is 4.28. The Morgan fingerprint density at radius 3 is 2.47 bits per heavy atom. The molecule has 1 N–H and O–H groups in total. The first kappa shape index (κ1) is 15.5. The molecule has 1 atom stereocenters. The van der Waals surface area contributed by atoms with E-state index in [1.165, 1.54) is 70.9 Å². The highest BCUT2D eigenvalue weighted by atomic mass is 28.2. The normalized spacial score (nSPS) is 27.8. The van der Waals surface area contributed by atoms with Crippen molar-refractivity contribution >= 4 is 9.84 Å². The summed E-state index contributed by atoms with van der Waals surface area (Å²) in [6, 6.07) is 0.914. The van der Waals surface area contributed by atoms with E-state index in [1.54, 1.807) is 0 Å². The Morgan fingerprint density at radius 2 is 1.79 bits per heavy atom. The summed E-state index contributed by atoms with van der Waals surface area (Å²) in [5.41, 5.74) is 0. The monoisotopic (exact) mass is 283 g/mol. The van der Waals surface area contributed by atoms with E-state index in [4.69, 9.17) is 0 Å². The molecule has 2 rings (SSSR count). The highest BCUT2D eigenvalue weighted by molar-refractivity contribution is 6.32. The number of rotatable bonds is 8. The van der Waals surface area contributed by atoms with Crippen molar-refractivity contribution in [2.24, 2.45) is 0 Å². The summed E-state index contributed by atoms with van der Waals surface area (Å²) in [7, 11) is -0.110. The van der Waals surface area contributed by atoms with E-state index in [0.29, 0.717) is 6.29 Å². The van der Waals surface area contributed by atoms with E-state index in [0.717, 1.165) is 6.04 Å². The Balaban J connectivity index is 1.80. The van der Waals surface area contributed by atoms with Crippen molar-refractivity contribution in [3.63, 3.8) is 0 Å². The molecule has 19 heavy (non-hydrogen) atoms. The molecule has 3 nitrogen and oxygen atoms in total. The lowest BCUT2D eigenvalue weighted by Crippen LogP contribution is -2.74. The fourth-order valence-corrected chi connectivity index (χ4v) is 5.50. The SMILES string of the molecule is CCCCNC1N(CCCC)[SiH2]N1C1CCCCC1. The molecule has 2 fully saturated rings. The number of unbranched alkanes of at least 4 members (excludes halogenated alkanes) is 2.